The molecule has 0 saturated carbocycles. The van der Waals surface area contributed by atoms with Gasteiger partial charge in [0.25, 0.3) is 0 Å². The summed E-state index contributed by atoms with van der Waals surface area (Å²) in [5.74, 6) is 1.53. The van der Waals surface area contributed by atoms with Crippen LogP contribution in [0.2, 0.25) is 0 Å². The quantitative estimate of drug-likeness (QED) is 0.347. The fraction of sp³-hybridized carbons (Fsp3) is 0.333. The van der Waals surface area contributed by atoms with Crippen molar-refractivity contribution in [1.82, 2.24) is 14.8 Å². The molecular weight excluding hydrogens is 424 g/mol. The normalized spacial score (nSPS) is 11.8. The van der Waals surface area contributed by atoms with Crippen molar-refractivity contribution in [3.63, 3.8) is 0 Å². The molecule has 1 atom stereocenters. The molecule has 0 bridgehead atoms. The maximum Gasteiger partial charge on any atom is 0.234 e. The van der Waals surface area contributed by atoms with Gasteiger partial charge in [-0.25, -0.2) is 0 Å². The van der Waals surface area contributed by atoms with Gasteiger partial charge in [-0.1, -0.05) is 30.8 Å². The smallest absolute Gasteiger partial charge is 0.234 e. The zero-order valence-corrected chi connectivity index (χ0v) is 19.6. The van der Waals surface area contributed by atoms with Crippen LogP contribution in [0, 0.1) is 0 Å². The summed E-state index contributed by atoms with van der Waals surface area (Å²) >= 11 is 1.32. The number of Topliss-reactive ketones (excluding diaryl/α,β-unsaturated/α-hetero) is 1. The Kier molecular flexibility index (Phi) is 8.05. The van der Waals surface area contributed by atoms with Crippen LogP contribution in [0.4, 0.5) is 5.69 Å². The van der Waals surface area contributed by atoms with Crippen LogP contribution < -0.4 is 10.1 Å². The highest BCUT2D eigenvalue weighted by Gasteiger charge is 2.19. The van der Waals surface area contributed by atoms with Gasteiger partial charge >= 0.3 is 0 Å². The molecule has 1 amide bonds. The van der Waals surface area contributed by atoms with E-state index in [1.807, 2.05) is 30.5 Å². The molecule has 7 nitrogen and oxygen atoms in total. The summed E-state index contributed by atoms with van der Waals surface area (Å²) in [6, 6.07) is 14.9. The lowest BCUT2D eigenvalue weighted by atomic mass is 10.1. The highest BCUT2D eigenvalue weighted by atomic mass is 32.2. The zero-order chi connectivity index (χ0) is 23.1. The first-order chi connectivity index (χ1) is 15.4. The summed E-state index contributed by atoms with van der Waals surface area (Å²) in [6.07, 6.45) is 0.704. The lowest BCUT2D eigenvalue weighted by Crippen LogP contribution is -2.15. The highest BCUT2D eigenvalue weighted by molar-refractivity contribution is 7.99. The average molecular weight is 453 g/mol. The Bertz CT molecular complexity index is 1060. The molecule has 0 saturated heterocycles. The second-order valence-electron chi connectivity index (χ2n) is 7.31. The van der Waals surface area contributed by atoms with Crippen LogP contribution in [-0.4, -0.2) is 32.2 Å². The number of carbonyl (C=O) groups is 2. The summed E-state index contributed by atoms with van der Waals surface area (Å²) in [7, 11) is 0. The molecule has 1 heterocycles. The van der Waals surface area contributed by atoms with Crippen molar-refractivity contribution in [2.45, 2.75) is 51.9 Å². The van der Waals surface area contributed by atoms with Gasteiger partial charge in [-0.2, -0.15) is 0 Å². The number of rotatable bonds is 10. The zero-order valence-electron chi connectivity index (χ0n) is 18.8. The van der Waals surface area contributed by atoms with Crippen molar-refractivity contribution >= 4 is 29.1 Å². The summed E-state index contributed by atoms with van der Waals surface area (Å²) in [5.41, 5.74) is 2.52. The first-order valence-corrected chi connectivity index (χ1v) is 11.6. The number of hydrogen-bond acceptors (Lipinski definition) is 6. The predicted molar refractivity (Wildman–Crippen MR) is 126 cm³/mol. The molecule has 0 radical (unpaired) electrons. The fourth-order valence-electron chi connectivity index (χ4n) is 3.18. The summed E-state index contributed by atoms with van der Waals surface area (Å²) in [5, 5.41) is 12.1. The number of hydrogen-bond donors (Lipinski definition) is 1. The minimum absolute atomic E-state index is 0.00989. The first-order valence-electron chi connectivity index (χ1n) is 10.6. The van der Waals surface area contributed by atoms with Crippen LogP contribution in [-0.2, 0) is 17.8 Å². The fourth-order valence-corrected chi connectivity index (χ4v) is 3.99. The van der Waals surface area contributed by atoms with Gasteiger partial charge < -0.3 is 14.6 Å². The van der Waals surface area contributed by atoms with Crippen molar-refractivity contribution in [2.24, 2.45) is 0 Å². The second kappa shape index (κ2) is 10.9. The number of carbonyl (C=O) groups excluding carboxylic acids is 2. The summed E-state index contributed by atoms with van der Waals surface area (Å²) in [4.78, 5) is 23.7. The molecule has 1 unspecified atom stereocenters. The van der Waals surface area contributed by atoms with Gasteiger partial charge in [0.05, 0.1) is 5.75 Å². The maximum atomic E-state index is 12.4. The summed E-state index contributed by atoms with van der Waals surface area (Å²) in [6.45, 7) is 8.25. The number of aromatic nitrogens is 3. The van der Waals surface area contributed by atoms with Crippen LogP contribution in [0.25, 0.3) is 0 Å². The molecule has 0 fully saturated rings. The third-order valence-corrected chi connectivity index (χ3v) is 5.94. The van der Waals surface area contributed by atoms with Crippen LogP contribution in [0.15, 0.2) is 53.7 Å². The number of nitrogens with zero attached hydrogens (tertiary/aromatic N) is 3. The molecular formula is C24H28N4O3S. The molecule has 0 aliphatic heterocycles. The van der Waals surface area contributed by atoms with E-state index in [2.05, 4.69) is 34.6 Å². The Labute approximate surface area is 192 Å². The van der Waals surface area contributed by atoms with E-state index in [0.29, 0.717) is 23.0 Å². The molecule has 2 aromatic carbocycles. The molecule has 168 valence electrons. The number of thioether (sulfide) groups is 1. The predicted octanol–water partition coefficient (Wildman–Crippen LogP) is 4.93. The molecule has 0 aliphatic rings. The maximum absolute atomic E-state index is 12.4. The lowest BCUT2D eigenvalue weighted by Gasteiger charge is -2.16. The Hall–Kier alpha value is -3.13. The van der Waals surface area contributed by atoms with Crippen molar-refractivity contribution in [2.75, 3.05) is 11.1 Å². The van der Waals surface area contributed by atoms with Gasteiger partial charge in [-0.3, -0.25) is 9.59 Å². The van der Waals surface area contributed by atoms with Gasteiger partial charge in [-0.15, -0.1) is 10.2 Å². The lowest BCUT2D eigenvalue weighted by molar-refractivity contribution is -0.113. The number of aryl methyl sites for hydroxylation is 1. The van der Waals surface area contributed by atoms with Crippen LogP contribution >= 0.6 is 11.8 Å². The second-order valence-corrected chi connectivity index (χ2v) is 8.26. The molecule has 32 heavy (non-hydrogen) atoms. The van der Waals surface area contributed by atoms with E-state index >= 15 is 0 Å². The van der Waals surface area contributed by atoms with Crippen molar-refractivity contribution in [3.05, 3.63) is 65.5 Å². The van der Waals surface area contributed by atoms with E-state index in [0.717, 1.165) is 18.0 Å². The van der Waals surface area contributed by atoms with E-state index in [9.17, 15) is 9.59 Å². The largest absolute Gasteiger partial charge is 0.483 e. The Morgan fingerprint density at radius 2 is 1.75 bits per heavy atom. The van der Waals surface area contributed by atoms with Gasteiger partial charge in [-0.05, 0) is 69.2 Å². The van der Waals surface area contributed by atoms with Crippen molar-refractivity contribution < 1.29 is 14.3 Å². The third kappa shape index (κ3) is 5.97. The van der Waals surface area contributed by atoms with E-state index in [1.165, 1.54) is 24.2 Å². The number of anilines is 1. The number of amides is 1. The number of nitrogens with one attached hydrogen (secondary N) is 1. The number of ketones is 1. The minimum atomic E-state index is -0.280. The van der Waals surface area contributed by atoms with Gasteiger partial charge in [0.1, 0.15) is 5.75 Å². The SMILES string of the molecule is CCc1ccc(OC(C)c2nnc(SCC(=O)Nc3ccc(C(C)=O)cc3)n2CC)cc1. The van der Waals surface area contributed by atoms with Gasteiger partial charge in [0.2, 0.25) is 5.91 Å². The van der Waals surface area contributed by atoms with E-state index in [-0.39, 0.29) is 23.5 Å². The molecule has 1 aromatic heterocycles. The van der Waals surface area contributed by atoms with E-state index in [1.54, 1.807) is 24.3 Å². The topological polar surface area (TPSA) is 86.1 Å². The highest BCUT2D eigenvalue weighted by Crippen LogP contribution is 2.25. The molecule has 0 spiro atoms. The number of ether oxygens (including phenoxy) is 1. The van der Waals surface area contributed by atoms with Gasteiger partial charge in [0, 0.05) is 17.8 Å². The van der Waals surface area contributed by atoms with Crippen molar-refractivity contribution in [3.8, 4) is 5.75 Å². The van der Waals surface area contributed by atoms with Gasteiger partial charge in [0.15, 0.2) is 22.9 Å². The average Bonchev–Trinajstić information content (AvgIpc) is 3.21. The first kappa shape index (κ1) is 23.5. The molecule has 3 aromatic rings. The standard InChI is InChI=1S/C24H28N4O3S/c1-5-18-7-13-21(14-8-18)31-17(4)23-26-27-24(28(23)6-2)32-15-22(30)25-20-11-9-19(10-12-20)16(3)29/h7-14,17H,5-6,15H2,1-4H3,(H,25,30). The molecule has 8 heteroatoms. The molecule has 3 rings (SSSR count). The van der Waals surface area contributed by atoms with Crippen LogP contribution in [0.3, 0.4) is 0 Å². The number of benzene rings is 2. The van der Waals surface area contributed by atoms with E-state index < -0.39 is 0 Å². The Morgan fingerprint density at radius 3 is 2.34 bits per heavy atom. The minimum Gasteiger partial charge on any atom is -0.483 e. The van der Waals surface area contributed by atoms with Crippen LogP contribution in [0.1, 0.15) is 55.5 Å². The Morgan fingerprint density at radius 1 is 1.06 bits per heavy atom. The molecule has 1 N–H and O–H groups in total. The third-order valence-electron chi connectivity index (χ3n) is 4.98. The van der Waals surface area contributed by atoms with E-state index in [4.69, 9.17) is 4.74 Å². The Balaban J connectivity index is 1.59. The summed E-state index contributed by atoms with van der Waals surface area (Å²) < 4.78 is 8.01. The molecule has 0 aliphatic carbocycles. The van der Waals surface area contributed by atoms with Crippen molar-refractivity contribution in [1.29, 1.82) is 0 Å². The monoisotopic (exact) mass is 452 g/mol. The van der Waals surface area contributed by atoms with Crippen LogP contribution in [0.5, 0.6) is 5.75 Å².